The van der Waals surface area contributed by atoms with E-state index in [0.717, 1.165) is 19.4 Å². The van der Waals surface area contributed by atoms with Gasteiger partial charge in [-0.2, -0.15) is 10.2 Å². The SMILES string of the molecule is CCNC(CCCc1ccccc1)c1ccnnc1. The van der Waals surface area contributed by atoms with E-state index < -0.39 is 0 Å². The Morgan fingerprint density at radius 2 is 1.95 bits per heavy atom. The standard InChI is InChI=1S/C16H21N3/c1-2-17-16(15-11-12-18-19-13-15)10-6-9-14-7-4-3-5-8-14/h3-5,7-8,11-13,16-17H,2,6,9-10H2,1H3. The molecule has 0 amide bonds. The van der Waals surface area contributed by atoms with E-state index in [2.05, 4.69) is 52.8 Å². The van der Waals surface area contributed by atoms with E-state index in [1.165, 1.54) is 17.5 Å². The summed E-state index contributed by atoms with van der Waals surface area (Å²) in [5, 5.41) is 11.3. The van der Waals surface area contributed by atoms with Crippen molar-refractivity contribution in [2.75, 3.05) is 6.54 Å². The Labute approximate surface area is 115 Å². The molecule has 1 atom stereocenters. The van der Waals surface area contributed by atoms with Gasteiger partial charge < -0.3 is 5.32 Å². The summed E-state index contributed by atoms with van der Waals surface area (Å²) in [7, 11) is 0. The molecule has 0 aliphatic heterocycles. The maximum absolute atomic E-state index is 3.96. The second-order valence-electron chi connectivity index (χ2n) is 4.66. The average Bonchev–Trinajstić information content (AvgIpc) is 2.48. The van der Waals surface area contributed by atoms with E-state index in [1.807, 2.05) is 12.3 Å². The van der Waals surface area contributed by atoms with Crippen LogP contribution < -0.4 is 5.32 Å². The summed E-state index contributed by atoms with van der Waals surface area (Å²) in [4.78, 5) is 0. The van der Waals surface area contributed by atoms with Crippen molar-refractivity contribution in [2.24, 2.45) is 0 Å². The van der Waals surface area contributed by atoms with Gasteiger partial charge in [0, 0.05) is 12.2 Å². The van der Waals surface area contributed by atoms with Crippen LogP contribution in [0.2, 0.25) is 0 Å². The zero-order chi connectivity index (χ0) is 13.3. The summed E-state index contributed by atoms with van der Waals surface area (Å²) in [5.74, 6) is 0. The van der Waals surface area contributed by atoms with Gasteiger partial charge in [0.25, 0.3) is 0 Å². The Morgan fingerprint density at radius 3 is 2.63 bits per heavy atom. The number of benzene rings is 1. The fraction of sp³-hybridized carbons (Fsp3) is 0.375. The molecule has 1 aromatic carbocycles. The van der Waals surface area contributed by atoms with E-state index >= 15 is 0 Å². The van der Waals surface area contributed by atoms with Gasteiger partial charge in [-0.3, -0.25) is 0 Å². The van der Waals surface area contributed by atoms with Crippen molar-refractivity contribution in [2.45, 2.75) is 32.2 Å². The molecule has 0 bridgehead atoms. The molecule has 0 saturated heterocycles. The van der Waals surface area contributed by atoms with Crippen molar-refractivity contribution < 1.29 is 0 Å². The molecule has 0 aliphatic rings. The zero-order valence-corrected chi connectivity index (χ0v) is 11.4. The Hall–Kier alpha value is -1.74. The third kappa shape index (κ3) is 4.45. The highest BCUT2D eigenvalue weighted by Crippen LogP contribution is 2.18. The van der Waals surface area contributed by atoms with E-state index in [4.69, 9.17) is 0 Å². The summed E-state index contributed by atoms with van der Waals surface area (Å²) in [5.41, 5.74) is 2.63. The van der Waals surface area contributed by atoms with Gasteiger partial charge in [0.15, 0.2) is 0 Å². The predicted molar refractivity (Wildman–Crippen MR) is 77.8 cm³/mol. The number of rotatable bonds is 7. The third-order valence-electron chi connectivity index (χ3n) is 3.26. The van der Waals surface area contributed by atoms with Crippen LogP contribution >= 0.6 is 0 Å². The monoisotopic (exact) mass is 255 g/mol. The first kappa shape index (κ1) is 13.7. The molecule has 0 fully saturated rings. The molecule has 0 aliphatic carbocycles. The van der Waals surface area contributed by atoms with E-state index in [9.17, 15) is 0 Å². The summed E-state index contributed by atoms with van der Waals surface area (Å²) in [6.07, 6.45) is 7.03. The molecule has 0 spiro atoms. The molecule has 1 unspecified atom stereocenters. The van der Waals surface area contributed by atoms with Crippen LogP contribution in [-0.4, -0.2) is 16.7 Å². The minimum Gasteiger partial charge on any atom is -0.310 e. The minimum absolute atomic E-state index is 0.379. The largest absolute Gasteiger partial charge is 0.310 e. The summed E-state index contributed by atoms with van der Waals surface area (Å²) < 4.78 is 0. The molecule has 1 N–H and O–H groups in total. The average molecular weight is 255 g/mol. The molecule has 1 aromatic heterocycles. The molecule has 3 heteroatoms. The summed E-state index contributed by atoms with van der Waals surface area (Å²) >= 11 is 0. The number of hydrogen-bond donors (Lipinski definition) is 1. The van der Waals surface area contributed by atoms with Gasteiger partial charge in [-0.25, -0.2) is 0 Å². The van der Waals surface area contributed by atoms with Gasteiger partial charge in [0.1, 0.15) is 0 Å². The Morgan fingerprint density at radius 1 is 1.11 bits per heavy atom. The molecule has 0 saturated carbocycles. The summed E-state index contributed by atoms with van der Waals surface area (Å²) in [6.45, 7) is 3.11. The van der Waals surface area contributed by atoms with Crippen LogP contribution in [0.15, 0.2) is 48.8 Å². The smallest absolute Gasteiger partial charge is 0.0544 e. The van der Waals surface area contributed by atoms with E-state index in [1.54, 1.807) is 6.20 Å². The second-order valence-corrected chi connectivity index (χ2v) is 4.66. The van der Waals surface area contributed by atoms with Gasteiger partial charge in [-0.1, -0.05) is 37.3 Å². The lowest BCUT2D eigenvalue weighted by Crippen LogP contribution is -2.21. The van der Waals surface area contributed by atoms with Gasteiger partial charge in [0.05, 0.1) is 6.20 Å². The topological polar surface area (TPSA) is 37.8 Å². The molecular formula is C16H21N3. The van der Waals surface area contributed by atoms with Crippen LogP contribution in [0.25, 0.3) is 0 Å². The maximum Gasteiger partial charge on any atom is 0.0544 e. The second kappa shape index (κ2) is 7.64. The van der Waals surface area contributed by atoms with Crippen molar-refractivity contribution >= 4 is 0 Å². The first-order chi connectivity index (χ1) is 9.40. The van der Waals surface area contributed by atoms with E-state index in [0.29, 0.717) is 6.04 Å². The molecule has 19 heavy (non-hydrogen) atoms. The first-order valence-electron chi connectivity index (χ1n) is 6.94. The van der Waals surface area contributed by atoms with Gasteiger partial charge in [-0.05, 0) is 43.0 Å². The zero-order valence-electron chi connectivity index (χ0n) is 11.4. The number of aromatic nitrogens is 2. The number of nitrogens with one attached hydrogen (secondary N) is 1. The fourth-order valence-corrected chi connectivity index (χ4v) is 2.30. The van der Waals surface area contributed by atoms with Crippen LogP contribution in [0.5, 0.6) is 0 Å². The lowest BCUT2D eigenvalue weighted by Gasteiger charge is -2.17. The molecule has 2 rings (SSSR count). The first-order valence-corrected chi connectivity index (χ1v) is 6.94. The lowest BCUT2D eigenvalue weighted by atomic mass is 10.0. The molecular weight excluding hydrogens is 234 g/mol. The third-order valence-corrected chi connectivity index (χ3v) is 3.26. The number of nitrogens with zero attached hydrogens (tertiary/aromatic N) is 2. The number of hydrogen-bond acceptors (Lipinski definition) is 3. The van der Waals surface area contributed by atoms with Crippen LogP contribution in [0.3, 0.4) is 0 Å². The van der Waals surface area contributed by atoms with Crippen molar-refractivity contribution in [1.29, 1.82) is 0 Å². The van der Waals surface area contributed by atoms with Crippen molar-refractivity contribution in [3.63, 3.8) is 0 Å². The minimum atomic E-state index is 0.379. The molecule has 1 heterocycles. The van der Waals surface area contributed by atoms with Crippen molar-refractivity contribution in [3.8, 4) is 0 Å². The van der Waals surface area contributed by atoms with Crippen molar-refractivity contribution in [1.82, 2.24) is 15.5 Å². The van der Waals surface area contributed by atoms with Crippen LogP contribution in [-0.2, 0) is 6.42 Å². The van der Waals surface area contributed by atoms with Crippen LogP contribution in [0.1, 0.15) is 36.9 Å². The normalized spacial score (nSPS) is 12.3. The Bertz CT molecular complexity index is 456. The maximum atomic E-state index is 3.96. The highest BCUT2D eigenvalue weighted by molar-refractivity contribution is 5.15. The Balaban J connectivity index is 1.87. The summed E-state index contributed by atoms with van der Waals surface area (Å²) in [6, 6.07) is 13.1. The highest BCUT2D eigenvalue weighted by Gasteiger charge is 2.09. The highest BCUT2D eigenvalue weighted by atomic mass is 15.1. The fourth-order valence-electron chi connectivity index (χ4n) is 2.30. The number of aryl methyl sites for hydroxylation is 1. The molecule has 2 aromatic rings. The molecule has 3 nitrogen and oxygen atoms in total. The van der Waals surface area contributed by atoms with Crippen molar-refractivity contribution in [3.05, 3.63) is 59.9 Å². The quantitative estimate of drug-likeness (QED) is 0.826. The Kier molecular flexibility index (Phi) is 5.50. The molecule has 100 valence electrons. The lowest BCUT2D eigenvalue weighted by molar-refractivity contribution is 0.496. The molecule has 0 radical (unpaired) electrons. The predicted octanol–water partition coefficient (Wildman–Crippen LogP) is 3.15. The van der Waals surface area contributed by atoms with Crippen LogP contribution in [0.4, 0.5) is 0 Å². The van der Waals surface area contributed by atoms with E-state index in [-0.39, 0.29) is 0 Å². The van der Waals surface area contributed by atoms with Crippen LogP contribution in [0, 0.1) is 0 Å². The van der Waals surface area contributed by atoms with Gasteiger partial charge in [-0.15, -0.1) is 0 Å². The van der Waals surface area contributed by atoms with Gasteiger partial charge >= 0.3 is 0 Å². The van der Waals surface area contributed by atoms with Gasteiger partial charge in [0.2, 0.25) is 0 Å².